The lowest BCUT2D eigenvalue weighted by molar-refractivity contribution is 0.177. The number of halogens is 1. The van der Waals surface area contributed by atoms with E-state index in [0.717, 1.165) is 37.8 Å². The Labute approximate surface area is 180 Å². The van der Waals surface area contributed by atoms with Crippen molar-refractivity contribution < 1.29 is 14.0 Å². The Morgan fingerprint density at radius 3 is 3.03 bits per heavy atom. The summed E-state index contributed by atoms with van der Waals surface area (Å²) in [6.45, 7) is 5.93. The lowest BCUT2D eigenvalue weighted by Gasteiger charge is -2.24. The number of β-amino-alcohol motifs (C(OH)–C–C–N with tert-alkyl or cyclic N) is 1. The van der Waals surface area contributed by atoms with Crippen molar-refractivity contribution in [2.75, 3.05) is 26.2 Å². The molecule has 2 aromatic rings. The summed E-state index contributed by atoms with van der Waals surface area (Å²) in [6, 6.07) is 6.46. The van der Waals surface area contributed by atoms with Crippen molar-refractivity contribution in [1.82, 2.24) is 19.9 Å². The smallest absolute Gasteiger partial charge is 0.281 e. The Hall–Kier alpha value is -2.84. The highest BCUT2D eigenvalue weighted by Gasteiger charge is 2.42. The first-order valence-electron chi connectivity index (χ1n) is 10.8. The van der Waals surface area contributed by atoms with Crippen LogP contribution in [0.3, 0.4) is 0 Å². The minimum atomic E-state index is -0.534. The molecule has 2 aliphatic heterocycles. The molecule has 3 heterocycles. The van der Waals surface area contributed by atoms with Crippen molar-refractivity contribution in [3.63, 3.8) is 0 Å². The maximum atomic E-state index is 15.0. The summed E-state index contributed by atoms with van der Waals surface area (Å²) >= 11 is 0. The Kier molecular flexibility index (Phi) is 5.41. The molecule has 1 N–H and O–H groups in total. The summed E-state index contributed by atoms with van der Waals surface area (Å²) in [5, 5.41) is 13.6. The van der Waals surface area contributed by atoms with Crippen molar-refractivity contribution in [2.24, 2.45) is 10.9 Å². The van der Waals surface area contributed by atoms with E-state index >= 15 is 4.39 Å². The van der Waals surface area contributed by atoms with E-state index in [4.69, 9.17) is 4.52 Å². The molecular weight excluding hydrogens is 397 g/mol. The van der Waals surface area contributed by atoms with E-state index in [2.05, 4.69) is 32.8 Å². The predicted molar refractivity (Wildman–Crippen MR) is 116 cm³/mol. The van der Waals surface area contributed by atoms with Gasteiger partial charge in [0.2, 0.25) is 11.8 Å². The molecule has 0 radical (unpaired) electrons. The minimum Gasteiger partial charge on any atom is -0.395 e. The Bertz CT molecular complexity index is 1040. The van der Waals surface area contributed by atoms with Crippen molar-refractivity contribution >= 4 is 12.4 Å². The lowest BCUT2D eigenvalue weighted by Crippen LogP contribution is -2.26. The first-order chi connectivity index (χ1) is 15.2. The average Bonchev–Trinajstić information content (AvgIpc) is 3.51. The van der Waals surface area contributed by atoms with Crippen molar-refractivity contribution in [1.29, 1.82) is 0 Å². The molecule has 2 unspecified atom stereocenters. The third-order valence-corrected chi connectivity index (χ3v) is 6.54. The Morgan fingerprint density at radius 1 is 1.35 bits per heavy atom. The molecule has 31 heavy (non-hydrogen) atoms. The third-order valence-electron chi connectivity index (χ3n) is 6.54. The van der Waals surface area contributed by atoms with Crippen LogP contribution in [0.15, 0.2) is 45.9 Å². The molecule has 3 aliphatic rings. The van der Waals surface area contributed by atoms with Gasteiger partial charge in [-0.2, -0.15) is 9.37 Å². The van der Waals surface area contributed by atoms with Gasteiger partial charge in [-0.1, -0.05) is 29.4 Å². The number of hydrogen-bond acceptors (Lipinski definition) is 7. The number of rotatable bonds is 6. The Morgan fingerprint density at radius 2 is 2.26 bits per heavy atom. The summed E-state index contributed by atoms with van der Waals surface area (Å²) in [4.78, 5) is 12.2. The molecule has 7 nitrogen and oxygen atoms in total. The fourth-order valence-corrected chi connectivity index (χ4v) is 5.16. The number of aliphatic imine (C=N–C) groups is 1. The van der Waals surface area contributed by atoms with Gasteiger partial charge in [0.15, 0.2) is 5.70 Å². The molecule has 1 aromatic heterocycles. The van der Waals surface area contributed by atoms with E-state index in [9.17, 15) is 5.11 Å². The number of fused-ring (bicyclic) bond motifs is 3. The summed E-state index contributed by atoms with van der Waals surface area (Å²) in [5.41, 5.74) is 3.35. The first kappa shape index (κ1) is 20.1. The van der Waals surface area contributed by atoms with Gasteiger partial charge in [-0.05, 0) is 56.0 Å². The fraction of sp³-hybridized carbons (Fsp3) is 0.435. The van der Waals surface area contributed by atoms with Gasteiger partial charge in [0.1, 0.15) is 0 Å². The van der Waals surface area contributed by atoms with Gasteiger partial charge in [0.25, 0.3) is 5.89 Å². The van der Waals surface area contributed by atoms with Crippen LogP contribution in [-0.4, -0.2) is 58.0 Å². The highest BCUT2D eigenvalue weighted by Crippen LogP contribution is 2.48. The van der Waals surface area contributed by atoms with Crippen LogP contribution < -0.4 is 0 Å². The van der Waals surface area contributed by atoms with Gasteiger partial charge >= 0.3 is 0 Å². The molecule has 8 heteroatoms. The summed E-state index contributed by atoms with van der Waals surface area (Å²) in [6.07, 6.45) is 7.49. The zero-order valence-corrected chi connectivity index (χ0v) is 17.4. The van der Waals surface area contributed by atoms with Crippen LogP contribution in [0.4, 0.5) is 4.39 Å². The molecule has 1 fully saturated rings. The third kappa shape index (κ3) is 3.49. The van der Waals surface area contributed by atoms with Crippen LogP contribution in [0.2, 0.25) is 0 Å². The molecule has 1 aliphatic carbocycles. The molecule has 162 valence electrons. The van der Waals surface area contributed by atoms with E-state index in [1.54, 1.807) is 6.20 Å². The summed E-state index contributed by atoms with van der Waals surface area (Å²) in [5.74, 6) is 0.458. The van der Waals surface area contributed by atoms with Crippen LogP contribution in [0.1, 0.15) is 42.3 Å². The van der Waals surface area contributed by atoms with E-state index in [0.29, 0.717) is 30.9 Å². The summed E-state index contributed by atoms with van der Waals surface area (Å²) < 4.78 is 20.4. The topological polar surface area (TPSA) is 78.0 Å². The number of aliphatic hydroxyl groups is 1. The van der Waals surface area contributed by atoms with Gasteiger partial charge in [-0.15, -0.1) is 0 Å². The average molecular weight is 423 g/mol. The maximum absolute atomic E-state index is 15.0. The molecule has 1 aromatic carbocycles. The molecule has 0 amide bonds. The molecule has 5 rings (SSSR count). The number of benzene rings is 1. The first-order valence-corrected chi connectivity index (χ1v) is 10.8. The van der Waals surface area contributed by atoms with Gasteiger partial charge in [0.05, 0.1) is 6.61 Å². The molecule has 0 bridgehead atoms. The predicted octanol–water partition coefficient (Wildman–Crippen LogP) is 3.55. The largest absolute Gasteiger partial charge is 0.395 e. The second-order valence-electron chi connectivity index (χ2n) is 8.27. The zero-order chi connectivity index (χ0) is 21.4. The van der Waals surface area contributed by atoms with Gasteiger partial charge in [0, 0.05) is 30.9 Å². The Balaban J connectivity index is 1.48. The van der Waals surface area contributed by atoms with Gasteiger partial charge in [-0.3, -0.25) is 9.89 Å². The standard InChI is InChI=1S/C23H26FN5O2/c1-25-19(21(24)29-9-3-2-4-10-29)23-26-22(27-31-23)17-7-5-6-16-18(17)14-15-8-11-28(12-13-30)20(15)16/h3,5-7,9,15,20,30H,1-2,4,8,10-14H2/b21-19-. The fourth-order valence-electron chi connectivity index (χ4n) is 5.16. The van der Waals surface area contributed by atoms with Crippen molar-refractivity contribution in [3.8, 4) is 11.4 Å². The highest BCUT2D eigenvalue weighted by molar-refractivity contribution is 5.68. The number of aliphatic hydroxyl groups excluding tert-OH is 1. The highest BCUT2D eigenvalue weighted by atomic mass is 19.1. The maximum Gasteiger partial charge on any atom is 0.281 e. The molecule has 0 spiro atoms. The van der Waals surface area contributed by atoms with Crippen LogP contribution in [0.25, 0.3) is 17.1 Å². The van der Waals surface area contributed by atoms with Crippen LogP contribution in [-0.2, 0) is 6.42 Å². The monoisotopic (exact) mass is 423 g/mol. The number of aromatic nitrogens is 2. The van der Waals surface area contributed by atoms with E-state index in [1.165, 1.54) is 16.0 Å². The van der Waals surface area contributed by atoms with Gasteiger partial charge in [-0.25, -0.2) is 0 Å². The van der Waals surface area contributed by atoms with E-state index < -0.39 is 5.95 Å². The van der Waals surface area contributed by atoms with Crippen molar-refractivity contribution in [3.05, 3.63) is 53.4 Å². The van der Waals surface area contributed by atoms with Crippen LogP contribution >= 0.6 is 0 Å². The van der Waals surface area contributed by atoms with Gasteiger partial charge < -0.3 is 14.5 Å². The van der Waals surface area contributed by atoms with Crippen molar-refractivity contribution in [2.45, 2.75) is 31.7 Å². The lowest BCUT2D eigenvalue weighted by atomic mass is 10.0. The molecular formula is C23H26FN5O2. The van der Waals surface area contributed by atoms with Crippen LogP contribution in [0.5, 0.6) is 0 Å². The molecule has 0 saturated carbocycles. The van der Waals surface area contributed by atoms with E-state index in [-0.39, 0.29) is 18.2 Å². The second kappa shape index (κ2) is 8.36. The van der Waals surface area contributed by atoms with Crippen LogP contribution in [0, 0.1) is 5.92 Å². The SMILES string of the molecule is C=N/C(=C(/F)N1C=CCCC1)c1nc(-c2cccc3c2CC2CCN(CCO)C32)no1. The van der Waals surface area contributed by atoms with E-state index in [1.807, 2.05) is 18.2 Å². The molecule has 2 atom stereocenters. The molecule has 1 saturated heterocycles. The number of nitrogens with zero attached hydrogens (tertiary/aromatic N) is 5. The number of allylic oxidation sites excluding steroid dienone is 1. The minimum absolute atomic E-state index is 0.0270. The second-order valence-corrected chi connectivity index (χ2v) is 8.27. The zero-order valence-electron chi connectivity index (χ0n) is 17.4. The number of hydrogen-bond donors (Lipinski definition) is 1. The number of likely N-dealkylation sites (tertiary alicyclic amines) is 1. The quantitative estimate of drug-likeness (QED) is 0.566. The normalized spacial score (nSPS) is 23.6. The summed E-state index contributed by atoms with van der Waals surface area (Å²) in [7, 11) is 0.